The zero-order valence-corrected chi connectivity index (χ0v) is 11.5. The predicted molar refractivity (Wildman–Crippen MR) is 66.5 cm³/mol. The number of carbonyl (C=O) groups is 1. The monoisotopic (exact) mass is 240 g/mol. The Bertz CT molecular complexity index is 355. The summed E-state index contributed by atoms with van der Waals surface area (Å²) in [5.74, 6) is 0.376. The summed E-state index contributed by atoms with van der Waals surface area (Å²) in [4.78, 5) is 17.5. The molecule has 0 unspecified atom stereocenters. The Balaban J connectivity index is 2.37. The fourth-order valence-corrected chi connectivity index (χ4v) is 2.02. The van der Waals surface area contributed by atoms with Crippen molar-refractivity contribution in [2.24, 2.45) is 0 Å². The number of hydrogen-bond acceptors (Lipinski definition) is 3. The molecule has 0 aromatic carbocycles. The van der Waals surface area contributed by atoms with Gasteiger partial charge in [-0.3, -0.25) is 4.79 Å². The van der Waals surface area contributed by atoms with Crippen molar-refractivity contribution < 1.29 is 9.53 Å². The van der Waals surface area contributed by atoms with Gasteiger partial charge in [0.15, 0.2) is 12.1 Å². The molecule has 0 bridgehead atoms. The van der Waals surface area contributed by atoms with Crippen LogP contribution in [0, 0.1) is 6.92 Å². The number of ether oxygens (including phenoxy) is 1. The van der Waals surface area contributed by atoms with Gasteiger partial charge in [0.05, 0.1) is 12.3 Å². The van der Waals surface area contributed by atoms with E-state index in [1.165, 1.54) is 0 Å². The van der Waals surface area contributed by atoms with Gasteiger partial charge in [-0.05, 0) is 13.0 Å². The topological polar surface area (TPSA) is 55.0 Å². The highest BCUT2D eigenvalue weighted by Gasteiger charge is 2.12. The standard InChI is InChI=1S/C11H20N2O2Si/c1-9-10(13-11(7-14)12-9)8-15-5-6-16(2,3)4/h7H,5-6,8H2,1-4H3,(H,12,13). The van der Waals surface area contributed by atoms with E-state index < -0.39 is 8.07 Å². The summed E-state index contributed by atoms with van der Waals surface area (Å²) in [5.41, 5.74) is 1.74. The first-order valence-corrected chi connectivity index (χ1v) is 9.21. The molecule has 0 amide bonds. The second-order valence-electron chi connectivity index (χ2n) is 5.17. The average Bonchev–Trinajstić information content (AvgIpc) is 2.53. The molecule has 16 heavy (non-hydrogen) atoms. The molecule has 4 nitrogen and oxygen atoms in total. The minimum Gasteiger partial charge on any atom is -0.375 e. The molecular weight excluding hydrogens is 220 g/mol. The fourth-order valence-electron chi connectivity index (χ4n) is 1.26. The zero-order chi connectivity index (χ0) is 12.2. The van der Waals surface area contributed by atoms with Crippen molar-refractivity contribution in [2.45, 2.75) is 39.2 Å². The van der Waals surface area contributed by atoms with Crippen molar-refractivity contribution in [3.8, 4) is 0 Å². The summed E-state index contributed by atoms with van der Waals surface area (Å²) in [6, 6.07) is 1.15. The highest BCUT2D eigenvalue weighted by molar-refractivity contribution is 6.76. The number of hydrogen-bond donors (Lipinski definition) is 1. The average molecular weight is 240 g/mol. The van der Waals surface area contributed by atoms with E-state index in [2.05, 4.69) is 29.6 Å². The molecule has 1 aromatic heterocycles. The first kappa shape index (κ1) is 13.1. The van der Waals surface area contributed by atoms with Crippen LogP contribution >= 0.6 is 0 Å². The van der Waals surface area contributed by atoms with Gasteiger partial charge in [-0.15, -0.1) is 0 Å². The van der Waals surface area contributed by atoms with E-state index in [9.17, 15) is 4.79 Å². The lowest BCUT2D eigenvalue weighted by Crippen LogP contribution is -2.21. The summed E-state index contributed by atoms with van der Waals surface area (Å²) in [7, 11) is -1.02. The number of nitrogens with one attached hydrogen (secondary N) is 1. The van der Waals surface area contributed by atoms with Crippen LogP contribution in [0.5, 0.6) is 0 Å². The van der Waals surface area contributed by atoms with Gasteiger partial charge in [0.1, 0.15) is 0 Å². The van der Waals surface area contributed by atoms with Crippen LogP contribution < -0.4 is 0 Å². The number of nitrogens with zero attached hydrogens (tertiary/aromatic N) is 1. The molecule has 1 N–H and O–H groups in total. The minimum absolute atomic E-state index is 0.376. The minimum atomic E-state index is -1.02. The summed E-state index contributed by atoms with van der Waals surface area (Å²) in [5, 5.41) is 0. The highest BCUT2D eigenvalue weighted by Crippen LogP contribution is 2.10. The van der Waals surface area contributed by atoms with Crippen molar-refractivity contribution >= 4 is 14.4 Å². The summed E-state index contributed by atoms with van der Waals surface area (Å²) >= 11 is 0. The normalized spacial score (nSPS) is 11.8. The number of H-pyrrole nitrogens is 1. The second kappa shape index (κ2) is 5.40. The zero-order valence-electron chi connectivity index (χ0n) is 10.5. The molecule has 0 aliphatic carbocycles. The Hall–Kier alpha value is -0.943. The number of aryl methyl sites for hydroxylation is 1. The number of aromatic nitrogens is 2. The molecule has 0 aliphatic rings. The lowest BCUT2D eigenvalue weighted by atomic mass is 10.4. The largest absolute Gasteiger partial charge is 0.375 e. The van der Waals surface area contributed by atoms with Crippen LogP contribution in [-0.4, -0.2) is 30.9 Å². The molecule has 90 valence electrons. The Labute approximate surface area is 97.4 Å². The Kier molecular flexibility index (Phi) is 4.43. The molecule has 1 heterocycles. The maximum absolute atomic E-state index is 10.5. The highest BCUT2D eigenvalue weighted by atomic mass is 28.3. The molecule has 0 saturated carbocycles. The van der Waals surface area contributed by atoms with E-state index in [-0.39, 0.29) is 0 Å². The van der Waals surface area contributed by atoms with Gasteiger partial charge in [0.2, 0.25) is 0 Å². The van der Waals surface area contributed by atoms with Crippen LogP contribution in [0.15, 0.2) is 0 Å². The number of imidazole rings is 1. The van der Waals surface area contributed by atoms with Crippen molar-refractivity contribution in [2.75, 3.05) is 6.61 Å². The van der Waals surface area contributed by atoms with Gasteiger partial charge < -0.3 is 9.72 Å². The Morgan fingerprint density at radius 3 is 2.62 bits per heavy atom. The predicted octanol–water partition coefficient (Wildman–Crippen LogP) is 2.39. The van der Waals surface area contributed by atoms with E-state index in [4.69, 9.17) is 4.74 Å². The smallest absolute Gasteiger partial charge is 0.185 e. The Morgan fingerprint density at radius 1 is 1.44 bits per heavy atom. The molecule has 0 radical (unpaired) electrons. The molecule has 1 aromatic rings. The first-order chi connectivity index (χ1) is 7.42. The van der Waals surface area contributed by atoms with Gasteiger partial charge >= 0.3 is 0 Å². The maximum atomic E-state index is 10.5. The number of aldehydes is 1. The van der Waals surface area contributed by atoms with Gasteiger partial charge in [-0.1, -0.05) is 19.6 Å². The molecule has 0 spiro atoms. The third-order valence-electron chi connectivity index (χ3n) is 2.35. The van der Waals surface area contributed by atoms with Gasteiger partial charge in [-0.2, -0.15) is 0 Å². The van der Waals surface area contributed by atoms with Crippen LogP contribution in [0.2, 0.25) is 25.7 Å². The third kappa shape index (κ3) is 4.28. The first-order valence-electron chi connectivity index (χ1n) is 5.51. The van der Waals surface area contributed by atoms with Crippen LogP contribution in [0.1, 0.15) is 22.0 Å². The van der Waals surface area contributed by atoms with E-state index in [1.807, 2.05) is 6.92 Å². The molecule has 0 aliphatic heterocycles. The third-order valence-corrected chi connectivity index (χ3v) is 4.05. The van der Waals surface area contributed by atoms with E-state index >= 15 is 0 Å². The van der Waals surface area contributed by atoms with Gasteiger partial charge in [0.25, 0.3) is 0 Å². The fraction of sp³-hybridized carbons (Fsp3) is 0.636. The van der Waals surface area contributed by atoms with Crippen LogP contribution in [-0.2, 0) is 11.3 Å². The number of aromatic amines is 1. The lowest BCUT2D eigenvalue weighted by Gasteiger charge is -2.14. The van der Waals surface area contributed by atoms with Crippen LogP contribution in [0.25, 0.3) is 0 Å². The summed E-state index contributed by atoms with van der Waals surface area (Å²) in [6.07, 6.45) is 0.721. The number of carbonyl (C=O) groups excluding carboxylic acids is 1. The molecule has 0 fully saturated rings. The summed E-state index contributed by atoms with van der Waals surface area (Å²) in [6.45, 7) is 10.1. The van der Waals surface area contributed by atoms with Gasteiger partial charge in [0, 0.05) is 20.4 Å². The van der Waals surface area contributed by atoms with Crippen LogP contribution in [0.4, 0.5) is 0 Å². The summed E-state index contributed by atoms with van der Waals surface area (Å²) < 4.78 is 5.57. The van der Waals surface area contributed by atoms with Crippen molar-refractivity contribution in [1.29, 1.82) is 0 Å². The van der Waals surface area contributed by atoms with Gasteiger partial charge in [-0.25, -0.2) is 4.98 Å². The van der Waals surface area contributed by atoms with Crippen LogP contribution in [0.3, 0.4) is 0 Å². The molecule has 0 atom stereocenters. The van der Waals surface area contributed by atoms with Crippen molar-refractivity contribution in [3.05, 3.63) is 17.2 Å². The Morgan fingerprint density at radius 2 is 2.12 bits per heavy atom. The van der Waals surface area contributed by atoms with Crippen molar-refractivity contribution in [3.63, 3.8) is 0 Å². The van der Waals surface area contributed by atoms with E-state index in [0.29, 0.717) is 12.4 Å². The SMILES string of the molecule is Cc1[nH]c(C=O)nc1COCC[Si](C)(C)C. The molecule has 0 saturated heterocycles. The second-order valence-corrected chi connectivity index (χ2v) is 10.8. The quantitative estimate of drug-likeness (QED) is 0.472. The van der Waals surface area contributed by atoms with Crippen molar-refractivity contribution in [1.82, 2.24) is 9.97 Å². The number of rotatable bonds is 6. The molecule has 5 heteroatoms. The van der Waals surface area contributed by atoms with E-state index in [0.717, 1.165) is 30.3 Å². The lowest BCUT2D eigenvalue weighted by molar-refractivity contribution is 0.111. The van der Waals surface area contributed by atoms with E-state index in [1.54, 1.807) is 0 Å². The molecule has 1 rings (SSSR count). The molecular formula is C11H20N2O2Si. The maximum Gasteiger partial charge on any atom is 0.185 e.